The van der Waals surface area contributed by atoms with E-state index in [1.54, 1.807) is 0 Å². The van der Waals surface area contributed by atoms with Gasteiger partial charge >= 0.3 is 0 Å². The van der Waals surface area contributed by atoms with Crippen molar-refractivity contribution in [3.63, 3.8) is 0 Å². The molecule has 0 aromatic rings. The summed E-state index contributed by atoms with van der Waals surface area (Å²) in [7, 11) is -2.71. The Morgan fingerprint density at radius 3 is 2.57 bits per heavy atom. The van der Waals surface area contributed by atoms with Crippen LogP contribution in [0, 0.1) is 0 Å². The predicted octanol–water partition coefficient (Wildman–Crippen LogP) is -0.531. The van der Waals surface area contributed by atoms with Crippen LogP contribution in [0.2, 0.25) is 0 Å². The van der Waals surface area contributed by atoms with E-state index in [-0.39, 0.29) is 0 Å². The van der Waals surface area contributed by atoms with Crippen LogP contribution in [0.4, 0.5) is 0 Å². The van der Waals surface area contributed by atoms with E-state index in [1.807, 2.05) is 0 Å². The monoisotopic (exact) mass is 218 g/mol. The van der Waals surface area contributed by atoms with E-state index >= 15 is 0 Å². The predicted molar refractivity (Wildman–Crippen MR) is 56.1 cm³/mol. The Kier molecular flexibility index (Phi) is 3.09. The standard InChI is InChI=1S/C9H18N2O2S/c12-14(13)6-4-11(5-7-14)8-9-2-1-3-10-9/h9-10H,1-8H2/t9-/m1/s1. The van der Waals surface area contributed by atoms with Crippen LogP contribution in [-0.4, -0.2) is 57.0 Å². The molecule has 2 heterocycles. The molecule has 2 aliphatic rings. The van der Waals surface area contributed by atoms with Crippen LogP contribution in [0.15, 0.2) is 0 Å². The number of nitrogens with one attached hydrogen (secondary N) is 1. The maximum Gasteiger partial charge on any atom is 0.152 e. The summed E-state index contributed by atoms with van der Waals surface area (Å²) in [5.41, 5.74) is 0. The Labute approximate surface area is 85.6 Å². The molecule has 4 nitrogen and oxygen atoms in total. The molecule has 0 amide bonds. The van der Waals surface area contributed by atoms with Crippen molar-refractivity contribution in [1.29, 1.82) is 0 Å². The van der Waals surface area contributed by atoms with Crippen LogP contribution in [0.3, 0.4) is 0 Å². The Morgan fingerprint density at radius 1 is 1.29 bits per heavy atom. The molecule has 2 saturated heterocycles. The second-order valence-corrected chi connectivity index (χ2v) is 6.55. The summed E-state index contributed by atoms with van der Waals surface area (Å²) >= 11 is 0. The van der Waals surface area contributed by atoms with Gasteiger partial charge in [-0.15, -0.1) is 0 Å². The molecule has 0 unspecified atom stereocenters. The molecule has 5 heteroatoms. The number of rotatable bonds is 2. The first-order valence-electron chi connectivity index (χ1n) is 5.32. The zero-order chi connectivity index (χ0) is 10.0. The normalized spacial score (nSPS) is 33.3. The third-order valence-electron chi connectivity index (χ3n) is 3.08. The van der Waals surface area contributed by atoms with Crippen molar-refractivity contribution in [2.24, 2.45) is 0 Å². The lowest BCUT2D eigenvalue weighted by Crippen LogP contribution is -2.45. The highest BCUT2D eigenvalue weighted by atomic mass is 32.2. The number of hydrogen-bond acceptors (Lipinski definition) is 4. The zero-order valence-electron chi connectivity index (χ0n) is 8.41. The third-order valence-corrected chi connectivity index (χ3v) is 4.69. The van der Waals surface area contributed by atoms with Gasteiger partial charge in [-0.25, -0.2) is 8.42 Å². The molecule has 0 radical (unpaired) electrons. The van der Waals surface area contributed by atoms with E-state index in [9.17, 15) is 8.42 Å². The molecule has 1 atom stereocenters. The maximum absolute atomic E-state index is 11.2. The van der Waals surface area contributed by atoms with Gasteiger partial charge in [-0.2, -0.15) is 0 Å². The van der Waals surface area contributed by atoms with E-state index in [0.29, 0.717) is 17.5 Å². The molecule has 0 aromatic carbocycles. The smallest absolute Gasteiger partial charge is 0.152 e. The molecule has 0 aliphatic carbocycles. The van der Waals surface area contributed by atoms with E-state index < -0.39 is 9.84 Å². The van der Waals surface area contributed by atoms with E-state index in [1.165, 1.54) is 12.8 Å². The second-order valence-electron chi connectivity index (χ2n) is 4.25. The highest BCUT2D eigenvalue weighted by Gasteiger charge is 2.24. The summed E-state index contributed by atoms with van der Waals surface area (Å²) in [5.74, 6) is 0.694. The largest absolute Gasteiger partial charge is 0.313 e. The molecular weight excluding hydrogens is 200 g/mol. The molecule has 14 heavy (non-hydrogen) atoms. The Hall–Kier alpha value is -0.130. The summed E-state index contributed by atoms with van der Waals surface area (Å²) < 4.78 is 22.4. The molecule has 0 bridgehead atoms. The summed E-state index contributed by atoms with van der Waals surface area (Å²) in [6.07, 6.45) is 2.50. The van der Waals surface area contributed by atoms with Gasteiger partial charge in [0.2, 0.25) is 0 Å². The van der Waals surface area contributed by atoms with Crippen LogP contribution in [0.1, 0.15) is 12.8 Å². The van der Waals surface area contributed by atoms with Crippen molar-refractivity contribution >= 4 is 9.84 Å². The first kappa shape index (κ1) is 10.4. The summed E-state index contributed by atoms with van der Waals surface area (Å²) in [6.45, 7) is 3.59. The van der Waals surface area contributed by atoms with Gasteiger partial charge in [-0.05, 0) is 19.4 Å². The number of sulfone groups is 1. The first-order valence-corrected chi connectivity index (χ1v) is 7.14. The maximum atomic E-state index is 11.2. The SMILES string of the molecule is O=S1(=O)CCN(C[C@H]2CCCN2)CC1. The Bertz CT molecular complexity index is 269. The minimum Gasteiger partial charge on any atom is -0.313 e. The molecule has 0 saturated carbocycles. The third kappa shape index (κ3) is 2.68. The lowest BCUT2D eigenvalue weighted by atomic mass is 10.2. The van der Waals surface area contributed by atoms with Gasteiger partial charge in [0.25, 0.3) is 0 Å². The lowest BCUT2D eigenvalue weighted by Gasteiger charge is -2.28. The molecule has 82 valence electrons. The molecule has 2 rings (SSSR count). The Balaban J connectivity index is 1.78. The van der Waals surface area contributed by atoms with Gasteiger partial charge in [-0.3, -0.25) is 4.90 Å². The summed E-state index contributed by atoms with van der Waals surface area (Å²) in [5, 5.41) is 3.43. The van der Waals surface area contributed by atoms with Gasteiger partial charge < -0.3 is 5.32 Å². The average Bonchev–Trinajstić information content (AvgIpc) is 2.61. The highest BCUT2D eigenvalue weighted by molar-refractivity contribution is 7.91. The van der Waals surface area contributed by atoms with E-state index in [0.717, 1.165) is 26.2 Å². The fourth-order valence-electron chi connectivity index (χ4n) is 2.16. The summed E-state index contributed by atoms with van der Waals surface area (Å²) in [6, 6.07) is 0.593. The molecular formula is C9H18N2O2S. The highest BCUT2D eigenvalue weighted by Crippen LogP contribution is 2.09. The Morgan fingerprint density at radius 2 is 2.00 bits per heavy atom. The number of hydrogen-bond donors (Lipinski definition) is 1. The molecule has 1 N–H and O–H groups in total. The average molecular weight is 218 g/mol. The van der Waals surface area contributed by atoms with Gasteiger partial charge in [0.15, 0.2) is 9.84 Å². The van der Waals surface area contributed by atoms with Crippen LogP contribution < -0.4 is 5.32 Å². The van der Waals surface area contributed by atoms with Crippen molar-refractivity contribution in [1.82, 2.24) is 10.2 Å². The van der Waals surface area contributed by atoms with Crippen LogP contribution in [0.5, 0.6) is 0 Å². The number of nitrogens with zero attached hydrogens (tertiary/aromatic N) is 1. The molecule has 2 fully saturated rings. The van der Waals surface area contributed by atoms with E-state index in [2.05, 4.69) is 10.2 Å². The molecule has 0 aromatic heterocycles. The van der Waals surface area contributed by atoms with Crippen LogP contribution in [-0.2, 0) is 9.84 Å². The first-order chi connectivity index (χ1) is 6.66. The second kappa shape index (κ2) is 4.16. The van der Waals surface area contributed by atoms with Crippen LogP contribution >= 0.6 is 0 Å². The topological polar surface area (TPSA) is 49.4 Å². The van der Waals surface area contributed by atoms with Gasteiger partial charge in [0, 0.05) is 25.7 Å². The fourth-order valence-corrected chi connectivity index (χ4v) is 3.43. The minimum atomic E-state index is -2.71. The molecule has 0 spiro atoms. The van der Waals surface area contributed by atoms with Gasteiger partial charge in [0.1, 0.15) is 0 Å². The van der Waals surface area contributed by atoms with E-state index in [4.69, 9.17) is 0 Å². The van der Waals surface area contributed by atoms with Crippen molar-refractivity contribution < 1.29 is 8.42 Å². The quantitative estimate of drug-likeness (QED) is 0.677. The van der Waals surface area contributed by atoms with Crippen molar-refractivity contribution in [3.05, 3.63) is 0 Å². The van der Waals surface area contributed by atoms with Gasteiger partial charge in [-0.1, -0.05) is 0 Å². The van der Waals surface area contributed by atoms with Crippen LogP contribution in [0.25, 0.3) is 0 Å². The fraction of sp³-hybridized carbons (Fsp3) is 1.00. The minimum absolute atomic E-state index is 0.347. The van der Waals surface area contributed by atoms with Crippen molar-refractivity contribution in [3.8, 4) is 0 Å². The van der Waals surface area contributed by atoms with Gasteiger partial charge in [0.05, 0.1) is 11.5 Å². The van der Waals surface area contributed by atoms with Crippen molar-refractivity contribution in [2.75, 3.05) is 37.7 Å². The zero-order valence-corrected chi connectivity index (χ0v) is 9.22. The lowest BCUT2D eigenvalue weighted by molar-refractivity contribution is 0.268. The van der Waals surface area contributed by atoms with Crippen molar-refractivity contribution in [2.45, 2.75) is 18.9 Å². The molecule has 2 aliphatic heterocycles. The summed E-state index contributed by atoms with van der Waals surface area (Å²) in [4.78, 5) is 2.27.